The molecule has 2 aromatic rings. The summed E-state index contributed by atoms with van der Waals surface area (Å²) in [5.74, 6) is 0.977. The molecule has 0 amide bonds. The van der Waals surface area contributed by atoms with Crippen molar-refractivity contribution >= 4 is 23.4 Å². The average molecular weight is 310 g/mol. The summed E-state index contributed by atoms with van der Waals surface area (Å²) in [5.41, 5.74) is 2.32. The normalized spacial score (nSPS) is 12.6. The molecular formula is C15H20ClN3S. The number of benzene rings is 1. The Hall–Kier alpha value is -0.970. The molecule has 3 nitrogen and oxygen atoms in total. The summed E-state index contributed by atoms with van der Waals surface area (Å²) in [7, 11) is 4.00. The van der Waals surface area contributed by atoms with Crippen molar-refractivity contribution < 1.29 is 0 Å². The van der Waals surface area contributed by atoms with Gasteiger partial charge in [-0.25, -0.2) is 0 Å². The van der Waals surface area contributed by atoms with E-state index in [2.05, 4.69) is 22.5 Å². The zero-order valence-corrected chi connectivity index (χ0v) is 13.6. The van der Waals surface area contributed by atoms with Gasteiger partial charge in [-0.05, 0) is 32.2 Å². The first-order valence-electron chi connectivity index (χ1n) is 6.64. The molecule has 1 atom stereocenters. The number of aryl methyl sites for hydroxylation is 2. The maximum absolute atomic E-state index is 6.18. The Morgan fingerprint density at radius 3 is 2.75 bits per heavy atom. The van der Waals surface area contributed by atoms with Gasteiger partial charge in [-0.1, -0.05) is 23.7 Å². The van der Waals surface area contributed by atoms with E-state index in [1.165, 1.54) is 5.69 Å². The van der Waals surface area contributed by atoms with E-state index in [1.54, 1.807) is 11.8 Å². The molecule has 0 spiro atoms. The Morgan fingerprint density at radius 1 is 1.40 bits per heavy atom. The van der Waals surface area contributed by atoms with Crippen LogP contribution in [0.3, 0.4) is 0 Å². The van der Waals surface area contributed by atoms with E-state index in [-0.39, 0.29) is 0 Å². The molecule has 1 unspecified atom stereocenters. The number of aromatic nitrogens is 2. The maximum atomic E-state index is 6.18. The second-order valence-electron chi connectivity index (χ2n) is 4.83. The number of rotatable bonds is 6. The van der Waals surface area contributed by atoms with E-state index in [1.807, 2.05) is 43.9 Å². The van der Waals surface area contributed by atoms with Gasteiger partial charge in [0.05, 0.1) is 10.7 Å². The van der Waals surface area contributed by atoms with Crippen molar-refractivity contribution in [1.82, 2.24) is 15.1 Å². The van der Waals surface area contributed by atoms with Crippen LogP contribution in [0.2, 0.25) is 5.02 Å². The van der Waals surface area contributed by atoms with Crippen LogP contribution in [-0.4, -0.2) is 28.6 Å². The molecule has 0 radical (unpaired) electrons. The van der Waals surface area contributed by atoms with Crippen LogP contribution < -0.4 is 5.32 Å². The van der Waals surface area contributed by atoms with Gasteiger partial charge in [0.25, 0.3) is 0 Å². The van der Waals surface area contributed by atoms with Gasteiger partial charge in [-0.3, -0.25) is 4.68 Å². The first-order valence-corrected chi connectivity index (χ1v) is 8.00. The van der Waals surface area contributed by atoms with Crippen LogP contribution in [0.4, 0.5) is 0 Å². The predicted octanol–water partition coefficient (Wildman–Crippen LogP) is 3.30. The van der Waals surface area contributed by atoms with Crippen LogP contribution in [0.5, 0.6) is 0 Å². The smallest absolute Gasteiger partial charge is 0.0596 e. The van der Waals surface area contributed by atoms with Gasteiger partial charge in [-0.2, -0.15) is 5.10 Å². The van der Waals surface area contributed by atoms with Gasteiger partial charge in [-0.15, -0.1) is 11.8 Å². The summed E-state index contributed by atoms with van der Waals surface area (Å²) in [4.78, 5) is 1.13. The van der Waals surface area contributed by atoms with E-state index in [9.17, 15) is 0 Å². The van der Waals surface area contributed by atoms with Gasteiger partial charge in [0.1, 0.15) is 0 Å². The standard InChI is InChI=1S/C15H20ClN3S/c1-11-8-13(19(3)18-11)9-12(17-2)10-20-15-7-5-4-6-14(15)16/h4-8,12,17H,9-10H2,1-3H3. The number of likely N-dealkylation sites (N-methyl/N-ethyl adjacent to an activating group) is 1. The molecule has 0 saturated heterocycles. The van der Waals surface area contributed by atoms with E-state index < -0.39 is 0 Å². The number of thioether (sulfide) groups is 1. The Morgan fingerprint density at radius 2 is 2.15 bits per heavy atom. The molecule has 0 fully saturated rings. The Kier molecular flexibility index (Phi) is 5.52. The lowest BCUT2D eigenvalue weighted by Gasteiger charge is -2.16. The van der Waals surface area contributed by atoms with Gasteiger partial charge in [0, 0.05) is 35.9 Å². The second kappa shape index (κ2) is 7.16. The number of hydrogen-bond acceptors (Lipinski definition) is 3. The molecule has 20 heavy (non-hydrogen) atoms. The van der Waals surface area contributed by atoms with Crippen LogP contribution >= 0.6 is 23.4 Å². The summed E-state index contributed by atoms with van der Waals surface area (Å²) >= 11 is 7.97. The van der Waals surface area contributed by atoms with Crippen molar-refractivity contribution in [3.05, 3.63) is 46.7 Å². The maximum Gasteiger partial charge on any atom is 0.0596 e. The number of halogens is 1. The van der Waals surface area contributed by atoms with E-state index in [4.69, 9.17) is 11.6 Å². The minimum absolute atomic E-state index is 0.395. The molecule has 0 aliphatic carbocycles. The highest BCUT2D eigenvalue weighted by Crippen LogP contribution is 2.27. The molecule has 5 heteroatoms. The summed E-state index contributed by atoms with van der Waals surface area (Å²) < 4.78 is 1.96. The molecule has 1 heterocycles. The quantitative estimate of drug-likeness (QED) is 0.830. The lowest BCUT2D eigenvalue weighted by atomic mass is 10.2. The summed E-state index contributed by atoms with van der Waals surface area (Å²) in [6, 6.07) is 10.5. The molecule has 0 bridgehead atoms. The average Bonchev–Trinajstić information content (AvgIpc) is 2.74. The van der Waals surface area contributed by atoms with Crippen molar-refractivity contribution in [3.8, 4) is 0 Å². The van der Waals surface area contributed by atoms with Crippen LogP contribution in [0, 0.1) is 6.92 Å². The molecule has 1 aromatic heterocycles. The van der Waals surface area contributed by atoms with Gasteiger partial charge < -0.3 is 5.32 Å². The van der Waals surface area contributed by atoms with E-state index in [0.717, 1.165) is 27.8 Å². The minimum Gasteiger partial charge on any atom is -0.316 e. The minimum atomic E-state index is 0.395. The zero-order chi connectivity index (χ0) is 14.5. The Bertz CT molecular complexity index is 568. The highest BCUT2D eigenvalue weighted by molar-refractivity contribution is 7.99. The highest BCUT2D eigenvalue weighted by atomic mass is 35.5. The van der Waals surface area contributed by atoms with Gasteiger partial charge in [0.15, 0.2) is 0 Å². The van der Waals surface area contributed by atoms with Gasteiger partial charge >= 0.3 is 0 Å². The van der Waals surface area contributed by atoms with E-state index in [0.29, 0.717) is 6.04 Å². The zero-order valence-electron chi connectivity index (χ0n) is 12.1. The molecular weight excluding hydrogens is 290 g/mol. The molecule has 108 valence electrons. The molecule has 0 aliphatic heterocycles. The fourth-order valence-corrected chi connectivity index (χ4v) is 3.45. The fraction of sp³-hybridized carbons (Fsp3) is 0.400. The molecule has 0 aliphatic rings. The van der Waals surface area contributed by atoms with Crippen molar-refractivity contribution in [2.24, 2.45) is 7.05 Å². The van der Waals surface area contributed by atoms with Crippen molar-refractivity contribution in [1.29, 1.82) is 0 Å². The Labute approximate surface area is 129 Å². The van der Waals surface area contributed by atoms with Crippen molar-refractivity contribution in [3.63, 3.8) is 0 Å². The highest BCUT2D eigenvalue weighted by Gasteiger charge is 2.12. The summed E-state index contributed by atoms with van der Waals surface area (Å²) in [6.07, 6.45) is 0.964. The van der Waals surface area contributed by atoms with Crippen molar-refractivity contribution in [2.75, 3.05) is 12.8 Å². The monoisotopic (exact) mass is 309 g/mol. The van der Waals surface area contributed by atoms with Crippen LogP contribution in [-0.2, 0) is 13.5 Å². The molecule has 1 aromatic carbocycles. The lowest BCUT2D eigenvalue weighted by Crippen LogP contribution is -2.30. The third-order valence-corrected chi connectivity index (χ3v) is 4.92. The molecule has 1 N–H and O–H groups in total. The summed E-state index contributed by atoms with van der Waals surface area (Å²) in [5, 5.41) is 8.59. The SMILES string of the molecule is CNC(CSc1ccccc1Cl)Cc1cc(C)nn1C. The number of nitrogens with one attached hydrogen (secondary N) is 1. The van der Waals surface area contributed by atoms with Crippen LogP contribution in [0.1, 0.15) is 11.4 Å². The first-order chi connectivity index (χ1) is 9.60. The summed E-state index contributed by atoms with van der Waals surface area (Å²) in [6.45, 7) is 2.02. The molecule has 2 rings (SSSR count). The van der Waals surface area contributed by atoms with Gasteiger partial charge in [0.2, 0.25) is 0 Å². The first kappa shape index (κ1) is 15.4. The topological polar surface area (TPSA) is 29.9 Å². The Balaban J connectivity index is 1.96. The van der Waals surface area contributed by atoms with Crippen LogP contribution in [0.15, 0.2) is 35.2 Å². The second-order valence-corrected chi connectivity index (χ2v) is 6.30. The van der Waals surface area contributed by atoms with Crippen molar-refractivity contribution in [2.45, 2.75) is 24.3 Å². The van der Waals surface area contributed by atoms with E-state index >= 15 is 0 Å². The van der Waals surface area contributed by atoms with Crippen LogP contribution in [0.25, 0.3) is 0 Å². The number of nitrogens with zero attached hydrogens (tertiary/aromatic N) is 2. The third kappa shape index (κ3) is 4.01. The largest absolute Gasteiger partial charge is 0.316 e. The fourth-order valence-electron chi connectivity index (χ4n) is 2.10. The third-order valence-electron chi connectivity index (χ3n) is 3.24. The number of hydrogen-bond donors (Lipinski definition) is 1. The lowest BCUT2D eigenvalue weighted by molar-refractivity contribution is 0.582. The molecule has 0 saturated carbocycles. The predicted molar refractivity (Wildman–Crippen MR) is 86.7 cm³/mol.